The van der Waals surface area contributed by atoms with Gasteiger partial charge in [0.15, 0.2) is 5.16 Å². The van der Waals surface area contributed by atoms with Crippen LogP contribution < -0.4 is 10.9 Å². The highest BCUT2D eigenvalue weighted by atomic mass is 35.5. The first-order valence-corrected chi connectivity index (χ1v) is 9.83. The molecule has 0 saturated heterocycles. The number of rotatable bonds is 4. The number of para-hydroxylation sites is 1. The molecule has 0 fully saturated rings. The third kappa shape index (κ3) is 3.25. The fourth-order valence-corrected chi connectivity index (χ4v) is 3.96. The van der Waals surface area contributed by atoms with Crippen molar-refractivity contribution in [2.24, 2.45) is 7.05 Å². The smallest absolute Gasteiger partial charge is 0.262 e. The highest BCUT2D eigenvalue weighted by molar-refractivity contribution is 7.99. The van der Waals surface area contributed by atoms with Gasteiger partial charge in [-0.1, -0.05) is 41.6 Å². The number of carbonyl (C=O) groups excluding carboxylic acids is 1. The maximum Gasteiger partial charge on any atom is 0.262 e. The number of nitrogens with one attached hydrogen (secondary N) is 1. The molecule has 4 aromatic rings. The van der Waals surface area contributed by atoms with Gasteiger partial charge in [-0.2, -0.15) is 0 Å². The third-order valence-corrected chi connectivity index (χ3v) is 5.57. The summed E-state index contributed by atoms with van der Waals surface area (Å²) in [4.78, 5) is 24.8. The van der Waals surface area contributed by atoms with Crippen LogP contribution in [-0.4, -0.2) is 30.8 Å². The molecule has 9 heteroatoms. The van der Waals surface area contributed by atoms with Gasteiger partial charge in [-0.3, -0.25) is 18.6 Å². The minimum atomic E-state index is -0.207. The molecule has 0 aliphatic rings. The van der Waals surface area contributed by atoms with Gasteiger partial charge in [0.2, 0.25) is 11.7 Å². The highest BCUT2D eigenvalue weighted by Crippen LogP contribution is 2.24. The Labute approximate surface area is 169 Å². The van der Waals surface area contributed by atoms with E-state index in [1.807, 2.05) is 31.2 Å². The minimum Gasteiger partial charge on any atom is -0.324 e. The van der Waals surface area contributed by atoms with Gasteiger partial charge in [0, 0.05) is 7.05 Å². The number of hydrogen-bond acceptors (Lipinski definition) is 5. The number of hydrogen-bond donors (Lipinski definition) is 1. The molecule has 0 aliphatic carbocycles. The molecule has 0 spiro atoms. The average Bonchev–Trinajstić information content (AvgIpc) is 3.11. The van der Waals surface area contributed by atoms with Gasteiger partial charge in [0.25, 0.3) is 5.56 Å². The van der Waals surface area contributed by atoms with Crippen molar-refractivity contribution in [3.05, 3.63) is 63.4 Å². The van der Waals surface area contributed by atoms with Crippen molar-refractivity contribution >= 4 is 51.6 Å². The topological polar surface area (TPSA) is 81.3 Å². The first-order valence-electron chi connectivity index (χ1n) is 8.47. The SMILES string of the molecule is Cc1ccc(NC(=O)CSc2nnc3n(C)c(=O)c4ccccc4n23)c(Cl)c1. The Kier molecular flexibility index (Phi) is 4.82. The van der Waals surface area contributed by atoms with Gasteiger partial charge in [-0.05, 0) is 36.8 Å². The molecule has 0 aliphatic heterocycles. The quantitative estimate of drug-likeness (QED) is 0.519. The fraction of sp³-hybridized carbons (Fsp3) is 0.158. The summed E-state index contributed by atoms with van der Waals surface area (Å²) in [6, 6.07) is 12.7. The zero-order valence-corrected chi connectivity index (χ0v) is 16.7. The zero-order valence-electron chi connectivity index (χ0n) is 15.1. The van der Waals surface area contributed by atoms with Crippen LogP contribution >= 0.6 is 23.4 Å². The van der Waals surface area contributed by atoms with Crippen molar-refractivity contribution in [1.82, 2.24) is 19.2 Å². The minimum absolute atomic E-state index is 0.127. The normalized spacial score (nSPS) is 11.2. The lowest BCUT2D eigenvalue weighted by molar-refractivity contribution is -0.113. The summed E-state index contributed by atoms with van der Waals surface area (Å²) >= 11 is 7.41. The van der Waals surface area contributed by atoms with E-state index in [1.54, 1.807) is 29.6 Å². The van der Waals surface area contributed by atoms with Crippen LogP contribution in [0.4, 0.5) is 5.69 Å². The predicted octanol–water partition coefficient (Wildman–Crippen LogP) is 3.27. The number of nitrogens with zero attached hydrogens (tertiary/aromatic N) is 4. The Morgan fingerprint density at radius 3 is 2.79 bits per heavy atom. The maximum absolute atomic E-state index is 12.5. The second-order valence-corrected chi connectivity index (χ2v) is 7.67. The van der Waals surface area contributed by atoms with Crippen LogP contribution in [0.3, 0.4) is 0 Å². The van der Waals surface area contributed by atoms with E-state index in [0.717, 1.165) is 5.56 Å². The van der Waals surface area contributed by atoms with E-state index in [-0.39, 0.29) is 17.2 Å². The average molecular weight is 414 g/mol. The van der Waals surface area contributed by atoms with Crippen molar-refractivity contribution < 1.29 is 4.79 Å². The lowest BCUT2D eigenvalue weighted by Gasteiger charge is -2.09. The number of aryl methyl sites for hydroxylation is 2. The monoisotopic (exact) mass is 413 g/mol. The van der Waals surface area contributed by atoms with E-state index >= 15 is 0 Å². The van der Waals surface area contributed by atoms with Gasteiger partial charge >= 0.3 is 0 Å². The van der Waals surface area contributed by atoms with Crippen LogP contribution in [0.15, 0.2) is 52.4 Å². The number of carbonyl (C=O) groups is 1. The van der Waals surface area contributed by atoms with Crippen LogP contribution in [0, 0.1) is 6.92 Å². The Hall–Kier alpha value is -2.84. The molecule has 2 heterocycles. The molecule has 142 valence electrons. The number of aromatic nitrogens is 4. The number of anilines is 1. The first kappa shape index (κ1) is 18.5. The molecule has 28 heavy (non-hydrogen) atoms. The molecule has 2 aromatic carbocycles. The molecule has 0 unspecified atom stereocenters. The summed E-state index contributed by atoms with van der Waals surface area (Å²) in [7, 11) is 1.65. The van der Waals surface area contributed by atoms with Gasteiger partial charge in [0.1, 0.15) is 0 Å². The van der Waals surface area contributed by atoms with Crippen LogP contribution in [0.2, 0.25) is 5.02 Å². The highest BCUT2D eigenvalue weighted by Gasteiger charge is 2.16. The summed E-state index contributed by atoms with van der Waals surface area (Å²) in [5, 5.41) is 12.7. The van der Waals surface area contributed by atoms with Crippen LogP contribution in [0.25, 0.3) is 16.7 Å². The largest absolute Gasteiger partial charge is 0.324 e. The molecular weight excluding hydrogens is 398 g/mol. The summed E-state index contributed by atoms with van der Waals surface area (Å²) in [5.41, 5.74) is 2.15. The molecule has 0 atom stereocenters. The fourth-order valence-electron chi connectivity index (χ4n) is 2.94. The Balaban J connectivity index is 1.62. The van der Waals surface area contributed by atoms with Gasteiger partial charge in [-0.25, -0.2) is 0 Å². The van der Waals surface area contributed by atoms with Crippen LogP contribution in [-0.2, 0) is 11.8 Å². The van der Waals surface area contributed by atoms with E-state index in [2.05, 4.69) is 15.5 Å². The van der Waals surface area contributed by atoms with Crippen molar-refractivity contribution in [3.8, 4) is 0 Å². The number of amides is 1. The van der Waals surface area contributed by atoms with Crippen molar-refractivity contribution in [2.75, 3.05) is 11.1 Å². The predicted molar refractivity (Wildman–Crippen MR) is 111 cm³/mol. The van der Waals surface area contributed by atoms with Crippen molar-refractivity contribution in [3.63, 3.8) is 0 Å². The van der Waals surface area contributed by atoms with Gasteiger partial charge in [0.05, 0.1) is 27.4 Å². The van der Waals surface area contributed by atoms with E-state index in [1.165, 1.54) is 16.3 Å². The second kappa shape index (κ2) is 7.29. The molecule has 4 rings (SSSR count). The van der Waals surface area contributed by atoms with Crippen LogP contribution in [0.1, 0.15) is 5.56 Å². The Morgan fingerprint density at radius 2 is 2.00 bits per heavy atom. The van der Waals surface area contributed by atoms with Crippen molar-refractivity contribution in [2.45, 2.75) is 12.1 Å². The summed E-state index contributed by atoms with van der Waals surface area (Å²) < 4.78 is 3.24. The Bertz CT molecular complexity index is 1280. The number of halogens is 1. The zero-order chi connectivity index (χ0) is 19.8. The summed E-state index contributed by atoms with van der Waals surface area (Å²) in [6.45, 7) is 1.93. The lowest BCUT2D eigenvalue weighted by atomic mass is 10.2. The standard InChI is InChI=1S/C19H16ClN5O2S/c1-11-7-8-14(13(20)9-11)21-16(26)10-28-19-23-22-18-24(2)17(27)12-5-3-4-6-15(12)25(18)19/h3-9H,10H2,1-2H3,(H,21,26). The molecular formula is C19H16ClN5O2S. The van der Waals surface area contributed by atoms with E-state index in [4.69, 9.17) is 11.6 Å². The number of fused-ring (bicyclic) bond motifs is 3. The molecule has 1 amide bonds. The van der Waals surface area contributed by atoms with Crippen molar-refractivity contribution in [1.29, 1.82) is 0 Å². The van der Waals surface area contributed by atoms with E-state index < -0.39 is 0 Å². The lowest BCUT2D eigenvalue weighted by Crippen LogP contribution is -2.20. The van der Waals surface area contributed by atoms with E-state index in [9.17, 15) is 9.59 Å². The third-order valence-electron chi connectivity index (χ3n) is 4.33. The summed E-state index contributed by atoms with van der Waals surface area (Å²) in [5.74, 6) is 0.345. The molecule has 0 radical (unpaired) electrons. The van der Waals surface area contributed by atoms with E-state index in [0.29, 0.717) is 32.5 Å². The summed E-state index contributed by atoms with van der Waals surface area (Å²) in [6.07, 6.45) is 0. The molecule has 0 bridgehead atoms. The second-order valence-electron chi connectivity index (χ2n) is 6.32. The maximum atomic E-state index is 12.5. The molecule has 2 aromatic heterocycles. The van der Waals surface area contributed by atoms with Gasteiger partial charge < -0.3 is 5.32 Å². The molecule has 7 nitrogen and oxygen atoms in total. The van der Waals surface area contributed by atoms with Crippen LogP contribution in [0.5, 0.6) is 0 Å². The first-order chi connectivity index (χ1) is 13.5. The molecule has 1 N–H and O–H groups in total. The number of benzene rings is 2. The van der Waals surface area contributed by atoms with Gasteiger partial charge in [-0.15, -0.1) is 10.2 Å². The number of thioether (sulfide) groups is 1. The molecule has 0 saturated carbocycles. The Morgan fingerprint density at radius 1 is 1.21 bits per heavy atom.